The van der Waals surface area contributed by atoms with E-state index in [1.165, 1.54) is 27.5 Å². The SMILES string of the molecule is COc1cc(OC)c(OC)cc1/C=N\N1C(=O)N[C@](C)(c2ccccc2)C1=O. The second kappa shape index (κ2) is 7.59. The third kappa shape index (κ3) is 3.24. The number of amides is 3. The monoisotopic (exact) mass is 383 g/mol. The van der Waals surface area contributed by atoms with E-state index in [-0.39, 0.29) is 0 Å². The van der Waals surface area contributed by atoms with Crippen LogP contribution in [0.15, 0.2) is 47.6 Å². The lowest BCUT2D eigenvalue weighted by atomic mass is 9.92. The van der Waals surface area contributed by atoms with Crippen LogP contribution >= 0.6 is 0 Å². The number of methoxy groups -OCH3 is 3. The number of nitrogens with zero attached hydrogens (tertiary/aromatic N) is 2. The summed E-state index contributed by atoms with van der Waals surface area (Å²) in [5.41, 5.74) is 0.0148. The summed E-state index contributed by atoms with van der Waals surface area (Å²) in [4.78, 5) is 25.3. The molecule has 1 aliphatic heterocycles. The van der Waals surface area contributed by atoms with Crippen molar-refractivity contribution in [3.63, 3.8) is 0 Å². The Kier molecular flexibility index (Phi) is 5.21. The number of urea groups is 1. The van der Waals surface area contributed by atoms with E-state index in [1.807, 2.05) is 6.07 Å². The Balaban J connectivity index is 1.93. The zero-order valence-electron chi connectivity index (χ0n) is 16.1. The molecule has 0 spiro atoms. The molecular weight excluding hydrogens is 362 g/mol. The first kappa shape index (κ1) is 19.2. The Morgan fingerprint density at radius 3 is 2.18 bits per heavy atom. The Morgan fingerprint density at radius 1 is 0.964 bits per heavy atom. The first-order valence-electron chi connectivity index (χ1n) is 8.50. The highest BCUT2D eigenvalue weighted by Crippen LogP contribution is 2.34. The minimum absolute atomic E-state index is 0.458. The summed E-state index contributed by atoms with van der Waals surface area (Å²) in [6.07, 6.45) is 1.37. The summed E-state index contributed by atoms with van der Waals surface area (Å²) < 4.78 is 15.9. The van der Waals surface area contributed by atoms with Gasteiger partial charge in [0, 0.05) is 11.6 Å². The minimum atomic E-state index is -1.18. The van der Waals surface area contributed by atoms with Gasteiger partial charge in [0.25, 0.3) is 5.91 Å². The molecule has 28 heavy (non-hydrogen) atoms. The fourth-order valence-electron chi connectivity index (χ4n) is 2.97. The Labute approximate surface area is 162 Å². The van der Waals surface area contributed by atoms with Crippen LogP contribution in [-0.2, 0) is 10.3 Å². The molecule has 0 radical (unpaired) electrons. The summed E-state index contributed by atoms with van der Waals surface area (Å²) in [5, 5.41) is 7.59. The van der Waals surface area contributed by atoms with Gasteiger partial charge in [0.2, 0.25) is 0 Å². The Hall–Kier alpha value is -3.55. The highest BCUT2D eigenvalue weighted by Gasteiger charge is 2.49. The normalized spacial score (nSPS) is 19.1. The zero-order valence-corrected chi connectivity index (χ0v) is 16.1. The fourth-order valence-corrected chi connectivity index (χ4v) is 2.97. The average Bonchev–Trinajstić information content (AvgIpc) is 2.95. The molecule has 0 saturated carbocycles. The molecule has 1 atom stereocenters. The molecule has 1 aliphatic rings. The van der Waals surface area contributed by atoms with Crippen molar-refractivity contribution in [1.82, 2.24) is 10.3 Å². The van der Waals surface area contributed by atoms with E-state index >= 15 is 0 Å². The van der Waals surface area contributed by atoms with Gasteiger partial charge in [0.05, 0.1) is 27.5 Å². The fraction of sp³-hybridized carbons (Fsp3) is 0.250. The summed E-state index contributed by atoms with van der Waals surface area (Å²) >= 11 is 0. The van der Waals surface area contributed by atoms with Gasteiger partial charge in [-0.2, -0.15) is 5.10 Å². The van der Waals surface area contributed by atoms with Crippen molar-refractivity contribution >= 4 is 18.2 Å². The number of benzene rings is 2. The Bertz CT molecular complexity index is 929. The number of nitrogens with one attached hydrogen (secondary N) is 1. The highest BCUT2D eigenvalue weighted by atomic mass is 16.5. The van der Waals surface area contributed by atoms with E-state index in [0.717, 1.165) is 5.01 Å². The summed E-state index contributed by atoms with van der Waals surface area (Å²) in [7, 11) is 4.52. The number of carbonyl (C=O) groups is 2. The van der Waals surface area contributed by atoms with Crippen LogP contribution in [0.2, 0.25) is 0 Å². The molecule has 8 heteroatoms. The van der Waals surface area contributed by atoms with Crippen LogP contribution in [0.1, 0.15) is 18.1 Å². The summed E-state index contributed by atoms with van der Waals surface area (Å²) in [6.45, 7) is 1.65. The molecule has 1 heterocycles. The van der Waals surface area contributed by atoms with Crippen LogP contribution in [0.5, 0.6) is 17.2 Å². The van der Waals surface area contributed by atoms with Crippen LogP contribution in [0.25, 0.3) is 0 Å². The maximum absolute atomic E-state index is 12.9. The number of hydrogen-bond acceptors (Lipinski definition) is 6. The van der Waals surface area contributed by atoms with Crippen LogP contribution in [0.3, 0.4) is 0 Å². The van der Waals surface area contributed by atoms with E-state index in [2.05, 4.69) is 10.4 Å². The molecule has 8 nitrogen and oxygen atoms in total. The van der Waals surface area contributed by atoms with Crippen LogP contribution in [0, 0.1) is 0 Å². The lowest BCUT2D eigenvalue weighted by Crippen LogP contribution is -2.40. The van der Waals surface area contributed by atoms with E-state index in [0.29, 0.717) is 28.4 Å². The molecule has 1 fully saturated rings. The molecule has 3 rings (SSSR count). The zero-order chi connectivity index (χ0) is 20.3. The quantitative estimate of drug-likeness (QED) is 0.612. The molecule has 0 aromatic heterocycles. The molecule has 2 aromatic carbocycles. The number of ether oxygens (including phenoxy) is 3. The maximum atomic E-state index is 12.9. The van der Waals surface area contributed by atoms with Crippen LogP contribution < -0.4 is 19.5 Å². The molecule has 0 aliphatic carbocycles. The average molecular weight is 383 g/mol. The molecule has 2 aromatic rings. The van der Waals surface area contributed by atoms with Gasteiger partial charge in [-0.05, 0) is 18.6 Å². The van der Waals surface area contributed by atoms with Gasteiger partial charge in [-0.1, -0.05) is 30.3 Å². The predicted molar refractivity (Wildman–Crippen MR) is 103 cm³/mol. The molecule has 0 bridgehead atoms. The number of hydrazone groups is 1. The molecule has 0 unspecified atom stereocenters. The second-order valence-corrected chi connectivity index (χ2v) is 6.23. The van der Waals surface area contributed by atoms with Gasteiger partial charge in [0.1, 0.15) is 11.3 Å². The highest BCUT2D eigenvalue weighted by molar-refractivity contribution is 6.07. The number of carbonyl (C=O) groups excluding carboxylic acids is 2. The van der Waals surface area contributed by atoms with Crippen molar-refractivity contribution < 1.29 is 23.8 Å². The lowest BCUT2D eigenvalue weighted by Gasteiger charge is -2.21. The number of rotatable bonds is 6. The number of hydrogen-bond donors (Lipinski definition) is 1. The van der Waals surface area contributed by atoms with Crippen molar-refractivity contribution in [1.29, 1.82) is 0 Å². The first-order chi connectivity index (χ1) is 13.4. The van der Waals surface area contributed by atoms with E-state index in [1.54, 1.807) is 43.3 Å². The van der Waals surface area contributed by atoms with Crippen molar-refractivity contribution in [2.45, 2.75) is 12.5 Å². The Morgan fingerprint density at radius 2 is 1.57 bits per heavy atom. The van der Waals surface area contributed by atoms with Crippen molar-refractivity contribution in [2.75, 3.05) is 21.3 Å². The van der Waals surface area contributed by atoms with Crippen molar-refractivity contribution in [3.05, 3.63) is 53.6 Å². The van der Waals surface area contributed by atoms with E-state index < -0.39 is 17.5 Å². The maximum Gasteiger partial charge on any atom is 0.346 e. The molecule has 146 valence electrons. The summed E-state index contributed by atoms with van der Waals surface area (Å²) in [6, 6.07) is 11.7. The molecule has 1 saturated heterocycles. The van der Waals surface area contributed by atoms with Crippen LogP contribution in [0.4, 0.5) is 4.79 Å². The van der Waals surface area contributed by atoms with Gasteiger partial charge >= 0.3 is 6.03 Å². The molecular formula is C20H21N3O5. The van der Waals surface area contributed by atoms with Gasteiger partial charge in [-0.25, -0.2) is 4.79 Å². The third-order valence-corrected chi connectivity index (χ3v) is 4.57. The topological polar surface area (TPSA) is 89.5 Å². The van der Waals surface area contributed by atoms with E-state index in [4.69, 9.17) is 14.2 Å². The third-order valence-electron chi connectivity index (χ3n) is 4.57. The minimum Gasteiger partial charge on any atom is -0.496 e. The smallest absolute Gasteiger partial charge is 0.346 e. The summed E-state index contributed by atoms with van der Waals surface area (Å²) in [5.74, 6) is 0.942. The lowest BCUT2D eigenvalue weighted by molar-refractivity contribution is -0.131. The van der Waals surface area contributed by atoms with Gasteiger partial charge < -0.3 is 19.5 Å². The molecule has 1 N–H and O–H groups in total. The van der Waals surface area contributed by atoms with Crippen molar-refractivity contribution in [3.8, 4) is 17.2 Å². The largest absolute Gasteiger partial charge is 0.496 e. The van der Waals surface area contributed by atoms with Gasteiger partial charge in [-0.3, -0.25) is 4.79 Å². The van der Waals surface area contributed by atoms with Crippen LogP contribution in [-0.4, -0.2) is 44.5 Å². The first-order valence-corrected chi connectivity index (χ1v) is 8.50. The predicted octanol–water partition coefficient (Wildman–Crippen LogP) is 2.51. The van der Waals surface area contributed by atoms with Crippen molar-refractivity contribution in [2.24, 2.45) is 5.10 Å². The van der Waals surface area contributed by atoms with Gasteiger partial charge in [0.15, 0.2) is 11.5 Å². The van der Waals surface area contributed by atoms with Gasteiger partial charge in [-0.15, -0.1) is 5.01 Å². The molecule has 3 amide bonds. The number of imide groups is 1. The second-order valence-electron chi connectivity index (χ2n) is 6.23. The standard InChI is InChI=1S/C20H21N3O5/c1-20(14-8-6-5-7-9-14)18(24)23(19(25)22-20)21-12-13-10-16(27-3)17(28-4)11-15(13)26-2/h5-12H,1-4H3,(H,22,25)/b21-12-/t20-/m1/s1. The van der Waals surface area contributed by atoms with E-state index in [9.17, 15) is 9.59 Å².